The van der Waals surface area contributed by atoms with Crippen molar-refractivity contribution < 1.29 is 9.53 Å². The Morgan fingerprint density at radius 2 is 1.69 bits per heavy atom. The number of carbonyl (C=O) groups is 1. The standard InChI is InChI=1S/C27H37N3O2/c1-21-11-12-25(32-20-23-9-5-3-6-10-23)22(2)27(21)28-26(31)19-29-17-13-24(14-18-29)30-15-7-4-8-16-30/h3,5-6,9-12,24H,4,7-8,13-20H2,1-2H3,(H,28,31). The van der Waals surface area contributed by atoms with E-state index in [1.54, 1.807) is 0 Å². The van der Waals surface area contributed by atoms with E-state index in [0.717, 1.165) is 41.2 Å². The minimum absolute atomic E-state index is 0.0628. The highest BCUT2D eigenvalue weighted by molar-refractivity contribution is 5.94. The molecule has 2 aromatic rings. The topological polar surface area (TPSA) is 44.8 Å². The molecule has 0 bridgehead atoms. The first-order valence-corrected chi connectivity index (χ1v) is 12.1. The summed E-state index contributed by atoms with van der Waals surface area (Å²) in [5.41, 5.74) is 4.06. The van der Waals surface area contributed by atoms with Gasteiger partial charge >= 0.3 is 0 Å². The highest BCUT2D eigenvalue weighted by atomic mass is 16.5. The number of hydrogen-bond donors (Lipinski definition) is 1. The molecule has 2 aromatic carbocycles. The van der Waals surface area contributed by atoms with Crippen LogP contribution in [0.2, 0.25) is 0 Å². The number of hydrogen-bond acceptors (Lipinski definition) is 4. The van der Waals surface area contributed by atoms with Crippen LogP contribution in [0.1, 0.15) is 48.8 Å². The smallest absolute Gasteiger partial charge is 0.238 e. The largest absolute Gasteiger partial charge is 0.489 e. The summed E-state index contributed by atoms with van der Waals surface area (Å²) < 4.78 is 6.05. The highest BCUT2D eigenvalue weighted by Gasteiger charge is 2.26. The zero-order valence-corrected chi connectivity index (χ0v) is 19.6. The fourth-order valence-electron chi connectivity index (χ4n) is 5.02. The Bertz CT molecular complexity index is 885. The van der Waals surface area contributed by atoms with Gasteiger partial charge in [-0.25, -0.2) is 0 Å². The molecule has 5 nitrogen and oxygen atoms in total. The molecule has 2 aliphatic rings. The molecule has 2 saturated heterocycles. The van der Waals surface area contributed by atoms with Gasteiger partial charge in [0.2, 0.25) is 5.91 Å². The number of likely N-dealkylation sites (tertiary alicyclic amines) is 2. The second kappa shape index (κ2) is 11.0. The number of ether oxygens (including phenoxy) is 1. The summed E-state index contributed by atoms with van der Waals surface area (Å²) >= 11 is 0. The van der Waals surface area contributed by atoms with Gasteiger partial charge in [0.1, 0.15) is 12.4 Å². The van der Waals surface area contributed by atoms with Crippen LogP contribution in [0.3, 0.4) is 0 Å². The van der Waals surface area contributed by atoms with E-state index in [0.29, 0.717) is 19.2 Å². The molecule has 0 atom stereocenters. The highest BCUT2D eigenvalue weighted by Crippen LogP contribution is 2.30. The van der Waals surface area contributed by atoms with Crippen molar-refractivity contribution in [3.8, 4) is 5.75 Å². The predicted molar refractivity (Wildman–Crippen MR) is 130 cm³/mol. The number of nitrogens with zero attached hydrogens (tertiary/aromatic N) is 2. The molecule has 1 N–H and O–H groups in total. The Morgan fingerprint density at radius 1 is 0.969 bits per heavy atom. The van der Waals surface area contributed by atoms with Crippen LogP contribution in [0.25, 0.3) is 0 Å². The average Bonchev–Trinajstić information content (AvgIpc) is 2.83. The van der Waals surface area contributed by atoms with Crippen LogP contribution in [0.15, 0.2) is 42.5 Å². The summed E-state index contributed by atoms with van der Waals surface area (Å²) in [5.74, 6) is 0.880. The maximum Gasteiger partial charge on any atom is 0.238 e. The normalized spacial score (nSPS) is 18.4. The lowest BCUT2D eigenvalue weighted by atomic mass is 10.00. The number of amides is 1. The molecule has 172 valence electrons. The first-order valence-electron chi connectivity index (χ1n) is 12.1. The van der Waals surface area contributed by atoms with Crippen LogP contribution in [-0.2, 0) is 11.4 Å². The summed E-state index contributed by atoms with van der Waals surface area (Å²) in [4.78, 5) is 17.8. The van der Waals surface area contributed by atoms with Gasteiger partial charge in [0.15, 0.2) is 0 Å². The lowest BCUT2D eigenvalue weighted by molar-refractivity contribution is -0.117. The summed E-state index contributed by atoms with van der Waals surface area (Å²) in [6.07, 6.45) is 6.42. The van der Waals surface area contributed by atoms with Crippen molar-refractivity contribution in [2.75, 3.05) is 38.0 Å². The predicted octanol–water partition coefficient (Wildman–Crippen LogP) is 4.77. The summed E-state index contributed by atoms with van der Waals surface area (Å²) in [7, 11) is 0. The van der Waals surface area contributed by atoms with Crippen molar-refractivity contribution in [1.29, 1.82) is 0 Å². The molecule has 0 unspecified atom stereocenters. The fraction of sp³-hybridized carbons (Fsp3) is 0.519. The molecule has 0 radical (unpaired) electrons. The molecule has 5 heteroatoms. The van der Waals surface area contributed by atoms with E-state index in [2.05, 4.69) is 27.2 Å². The van der Waals surface area contributed by atoms with Gasteiger partial charge in [-0.1, -0.05) is 42.8 Å². The fourth-order valence-corrected chi connectivity index (χ4v) is 5.02. The van der Waals surface area contributed by atoms with Crippen LogP contribution in [0.5, 0.6) is 5.75 Å². The Kier molecular flexibility index (Phi) is 7.82. The van der Waals surface area contributed by atoms with Crippen molar-refractivity contribution in [2.24, 2.45) is 0 Å². The molecule has 32 heavy (non-hydrogen) atoms. The minimum atomic E-state index is 0.0628. The molecule has 0 aliphatic carbocycles. The van der Waals surface area contributed by atoms with Crippen molar-refractivity contribution in [2.45, 2.75) is 58.6 Å². The van der Waals surface area contributed by atoms with Crippen molar-refractivity contribution in [3.63, 3.8) is 0 Å². The average molecular weight is 436 g/mol. The third-order valence-electron chi connectivity index (χ3n) is 6.96. The van der Waals surface area contributed by atoms with E-state index in [9.17, 15) is 4.79 Å². The van der Waals surface area contributed by atoms with Crippen molar-refractivity contribution >= 4 is 11.6 Å². The molecule has 0 spiro atoms. The number of carbonyl (C=O) groups excluding carboxylic acids is 1. The zero-order valence-electron chi connectivity index (χ0n) is 19.6. The van der Waals surface area contributed by atoms with Crippen LogP contribution >= 0.6 is 0 Å². The molecule has 2 aliphatic heterocycles. The number of nitrogens with one attached hydrogen (secondary N) is 1. The number of rotatable bonds is 7. The second-order valence-corrected chi connectivity index (χ2v) is 9.31. The number of aryl methyl sites for hydroxylation is 1. The number of piperidine rings is 2. The SMILES string of the molecule is Cc1ccc(OCc2ccccc2)c(C)c1NC(=O)CN1CCC(N2CCCCC2)CC1. The van der Waals surface area contributed by atoms with E-state index < -0.39 is 0 Å². The van der Waals surface area contributed by atoms with Crippen LogP contribution in [0.4, 0.5) is 5.69 Å². The summed E-state index contributed by atoms with van der Waals surface area (Å²) in [6.45, 7) is 9.56. The van der Waals surface area contributed by atoms with Crippen LogP contribution < -0.4 is 10.1 Å². The third-order valence-corrected chi connectivity index (χ3v) is 6.96. The molecular formula is C27H37N3O2. The van der Waals surface area contributed by atoms with Gasteiger partial charge in [0.05, 0.1) is 12.2 Å². The first-order chi connectivity index (χ1) is 15.6. The van der Waals surface area contributed by atoms with Gasteiger partial charge < -0.3 is 15.0 Å². The Balaban J connectivity index is 1.30. The van der Waals surface area contributed by atoms with Crippen LogP contribution in [0, 0.1) is 13.8 Å². The Morgan fingerprint density at radius 3 is 2.41 bits per heavy atom. The third kappa shape index (κ3) is 5.90. The molecule has 1 amide bonds. The van der Waals surface area contributed by atoms with Gasteiger partial charge in [-0.3, -0.25) is 9.69 Å². The Hall–Kier alpha value is -2.37. The Labute approximate surface area is 192 Å². The second-order valence-electron chi connectivity index (χ2n) is 9.31. The molecule has 2 fully saturated rings. The summed E-state index contributed by atoms with van der Waals surface area (Å²) in [5, 5.41) is 3.17. The van der Waals surface area contributed by atoms with E-state index >= 15 is 0 Å². The summed E-state index contributed by atoms with van der Waals surface area (Å²) in [6, 6.07) is 14.9. The van der Waals surface area contributed by atoms with Crippen LogP contribution in [-0.4, -0.2) is 54.5 Å². The molecule has 0 aromatic heterocycles. The van der Waals surface area contributed by atoms with Gasteiger partial charge in [0, 0.05) is 24.7 Å². The van der Waals surface area contributed by atoms with Gasteiger partial charge in [-0.2, -0.15) is 0 Å². The zero-order chi connectivity index (χ0) is 22.3. The molecule has 4 rings (SSSR count). The van der Waals surface area contributed by atoms with E-state index in [4.69, 9.17) is 4.74 Å². The molecule has 0 saturated carbocycles. The maximum absolute atomic E-state index is 12.9. The molecular weight excluding hydrogens is 398 g/mol. The molecule has 2 heterocycles. The monoisotopic (exact) mass is 435 g/mol. The quantitative estimate of drug-likeness (QED) is 0.680. The van der Waals surface area contributed by atoms with E-state index in [-0.39, 0.29) is 5.91 Å². The van der Waals surface area contributed by atoms with Gasteiger partial charge in [-0.05, 0) is 69.8 Å². The van der Waals surface area contributed by atoms with Crippen molar-refractivity contribution in [3.05, 3.63) is 59.2 Å². The lowest BCUT2D eigenvalue weighted by Gasteiger charge is -2.40. The lowest BCUT2D eigenvalue weighted by Crippen LogP contribution is -2.48. The van der Waals surface area contributed by atoms with E-state index in [1.165, 1.54) is 45.2 Å². The number of anilines is 1. The van der Waals surface area contributed by atoms with Crippen molar-refractivity contribution in [1.82, 2.24) is 9.80 Å². The van der Waals surface area contributed by atoms with E-state index in [1.807, 2.05) is 44.2 Å². The first kappa shape index (κ1) is 22.8. The van der Waals surface area contributed by atoms with Gasteiger partial charge in [-0.15, -0.1) is 0 Å². The number of benzene rings is 2. The van der Waals surface area contributed by atoms with Gasteiger partial charge in [0.25, 0.3) is 0 Å². The maximum atomic E-state index is 12.9. The minimum Gasteiger partial charge on any atom is -0.489 e.